The zero-order valence-electron chi connectivity index (χ0n) is 16.0. The number of aromatic amines is 1. The molecule has 0 aliphatic rings. The van der Waals surface area contributed by atoms with Gasteiger partial charge in [0, 0.05) is 23.3 Å². The fourth-order valence-electron chi connectivity index (χ4n) is 3.15. The van der Waals surface area contributed by atoms with Crippen molar-refractivity contribution in [2.24, 2.45) is 11.7 Å². The van der Waals surface area contributed by atoms with Gasteiger partial charge < -0.3 is 15.6 Å². The van der Waals surface area contributed by atoms with Crippen molar-refractivity contribution in [3.63, 3.8) is 0 Å². The Morgan fingerprint density at radius 3 is 2.70 bits per heavy atom. The molecule has 0 saturated heterocycles. The minimum absolute atomic E-state index is 0.00907. The van der Waals surface area contributed by atoms with Crippen LogP contribution in [0.4, 0.5) is 19.0 Å². The number of carbonyl (C=O) groups excluding carboxylic acids is 1. The van der Waals surface area contributed by atoms with Crippen LogP contribution in [0, 0.1) is 17.2 Å². The number of nitrogens with zero attached hydrogens (tertiary/aromatic N) is 6. The summed E-state index contributed by atoms with van der Waals surface area (Å²) in [7, 11) is 0. The highest BCUT2D eigenvalue weighted by Gasteiger charge is 2.38. The second-order valence-corrected chi connectivity index (χ2v) is 6.91. The van der Waals surface area contributed by atoms with E-state index in [1.165, 1.54) is 12.4 Å². The van der Waals surface area contributed by atoms with Gasteiger partial charge in [0.15, 0.2) is 11.6 Å². The molecule has 0 bridgehead atoms. The second-order valence-electron chi connectivity index (χ2n) is 6.91. The van der Waals surface area contributed by atoms with Crippen LogP contribution in [-0.4, -0.2) is 49.8 Å². The summed E-state index contributed by atoms with van der Waals surface area (Å²) < 4.78 is 39.7. The zero-order valence-corrected chi connectivity index (χ0v) is 16.0. The first kappa shape index (κ1) is 21.0. The molecule has 1 atom stereocenters. The molecular formula is C18H17F3N8O. The van der Waals surface area contributed by atoms with E-state index in [-0.39, 0.29) is 11.6 Å². The van der Waals surface area contributed by atoms with Gasteiger partial charge in [-0.15, -0.1) is 5.10 Å². The average Bonchev–Trinajstić information content (AvgIpc) is 3.09. The molecule has 0 fully saturated rings. The summed E-state index contributed by atoms with van der Waals surface area (Å²) >= 11 is 0. The molecule has 3 aromatic rings. The van der Waals surface area contributed by atoms with Gasteiger partial charge in [-0.05, 0) is 12.0 Å². The monoisotopic (exact) mass is 418 g/mol. The number of aromatic nitrogens is 5. The number of hydrogen-bond donors (Lipinski definition) is 2. The van der Waals surface area contributed by atoms with Crippen LogP contribution >= 0.6 is 0 Å². The van der Waals surface area contributed by atoms with Gasteiger partial charge in [-0.2, -0.15) is 23.5 Å². The van der Waals surface area contributed by atoms with Crippen molar-refractivity contribution in [1.29, 1.82) is 5.26 Å². The van der Waals surface area contributed by atoms with Crippen molar-refractivity contribution in [2.45, 2.75) is 26.1 Å². The molecule has 30 heavy (non-hydrogen) atoms. The van der Waals surface area contributed by atoms with Crippen molar-refractivity contribution < 1.29 is 18.0 Å². The predicted molar refractivity (Wildman–Crippen MR) is 101 cm³/mol. The quantitative estimate of drug-likeness (QED) is 0.626. The molecule has 1 amide bonds. The Kier molecular flexibility index (Phi) is 5.55. The highest BCUT2D eigenvalue weighted by molar-refractivity contribution is 5.92. The number of nitrogens with one attached hydrogen (secondary N) is 1. The molecule has 0 spiro atoms. The molecule has 0 unspecified atom stereocenters. The zero-order chi connectivity index (χ0) is 22.1. The average molecular weight is 418 g/mol. The minimum atomic E-state index is -4.61. The van der Waals surface area contributed by atoms with E-state index in [1.807, 2.05) is 6.07 Å². The summed E-state index contributed by atoms with van der Waals surface area (Å²) in [6, 6.07) is 2.26. The molecule has 12 heteroatoms. The van der Waals surface area contributed by atoms with Gasteiger partial charge in [0.05, 0.1) is 11.8 Å². The molecule has 9 nitrogen and oxygen atoms in total. The Labute approximate surface area is 168 Å². The topological polar surface area (TPSA) is 137 Å². The highest BCUT2D eigenvalue weighted by atomic mass is 19.4. The smallest absolute Gasteiger partial charge is 0.368 e. The van der Waals surface area contributed by atoms with Crippen LogP contribution in [0.1, 0.15) is 19.4 Å². The van der Waals surface area contributed by atoms with Gasteiger partial charge in [-0.25, -0.2) is 9.97 Å². The van der Waals surface area contributed by atoms with E-state index in [1.54, 1.807) is 19.9 Å². The van der Waals surface area contributed by atoms with Crippen molar-refractivity contribution in [2.75, 3.05) is 11.4 Å². The van der Waals surface area contributed by atoms with E-state index >= 15 is 0 Å². The third-order valence-corrected chi connectivity index (χ3v) is 4.35. The van der Waals surface area contributed by atoms with Gasteiger partial charge in [0.2, 0.25) is 5.91 Å². The maximum Gasteiger partial charge on any atom is 0.406 e. The number of alkyl halides is 3. The number of anilines is 1. The van der Waals surface area contributed by atoms with E-state index in [4.69, 9.17) is 11.0 Å². The van der Waals surface area contributed by atoms with Crippen molar-refractivity contribution >= 4 is 22.8 Å². The van der Waals surface area contributed by atoms with Crippen LogP contribution in [0.5, 0.6) is 0 Å². The van der Waals surface area contributed by atoms with E-state index in [9.17, 15) is 18.0 Å². The predicted octanol–water partition coefficient (Wildman–Crippen LogP) is 2.17. The standard InChI is InChI=1S/C18H17F3N8O/c1-9(2)14(15(23)30)29(8-18(19,20)21)13-7-26-28-17(27-13)12-6-25-16-11(12)3-10(4-22)5-24-16/h3,5-7,9,14H,8H2,1-2H3,(H2,23,30)(H,24,25)/t14-/m1/s1. The number of hydrogen-bond acceptors (Lipinski definition) is 7. The van der Waals surface area contributed by atoms with Crippen LogP contribution < -0.4 is 10.6 Å². The molecule has 156 valence electrons. The Morgan fingerprint density at radius 1 is 1.37 bits per heavy atom. The molecule has 0 radical (unpaired) electrons. The van der Waals surface area contributed by atoms with Crippen LogP contribution in [0.25, 0.3) is 22.4 Å². The third kappa shape index (κ3) is 4.29. The van der Waals surface area contributed by atoms with Crippen molar-refractivity contribution in [3.8, 4) is 17.5 Å². The molecule has 0 aliphatic heterocycles. The number of rotatable bonds is 6. The fourth-order valence-corrected chi connectivity index (χ4v) is 3.15. The van der Waals surface area contributed by atoms with Crippen molar-refractivity contribution in [3.05, 3.63) is 30.2 Å². The van der Waals surface area contributed by atoms with E-state index in [0.717, 1.165) is 11.1 Å². The van der Waals surface area contributed by atoms with Gasteiger partial charge in [0.1, 0.15) is 24.3 Å². The summed E-state index contributed by atoms with van der Waals surface area (Å²) in [4.78, 5) is 23.9. The Hall–Kier alpha value is -3.75. The largest absolute Gasteiger partial charge is 0.406 e. The lowest BCUT2D eigenvalue weighted by Gasteiger charge is -2.33. The number of amides is 1. The molecule has 3 N–H and O–H groups in total. The normalized spacial score (nSPS) is 12.7. The number of halogens is 3. The second kappa shape index (κ2) is 7.94. The van der Waals surface area contributed by atoms with Crippen LogP contribution in [0.2, 0.25) is 0 Å². The summed E-state index contributed by atoms with van der Waals surface area (Å²) in [5.41, 5.74) is 6.52. The van der Waals surface area contributed by atoms with Crippen LogP contribution in [0.3, 0.4) is 0 Å². The number of fused-ring (bicyclic) bond motifs is 1. The molecular weight excluding hydrogens is 401 g/mol. The lowest BCUT2D eigenvalue weighted by Crippen LogP contribution is -2.52. The number of nitrogens with two attached hydrogens (primary N) is 1. The van der Waals surface area contributed by atoms with Crippen LogP contribution in [0.15, 0.2) is 24.7 Å². The first-order valence-electron chi connectivity index (χ1n) is 8.80. The molecule has 3 rings (SSSR count). The lowest BCUT2D eigenvalue weighted by molar-refractivity contribution is -0.126. The molecule has 0 aromatic carbocycles. The van der Waals surface area contributed by atoms with E-state index in [2.05, 4.69) is 25.1 Å². The van der Waals surface area contributed by atoms with Gasteiger partial charge in [-0.3, -0.25) is 4.79 Å². The van der Waals surface area contributed by atoms with Gasteiger partial charge >= 0.3 is 6.18 Å². The summed E-state index contributed by atoms with van der Waals surface area (Å²) in [5.74, 6) is -1.62. The molecule has 0 saturated carbocycles. The fraction of sp³-hybridized carbons (Fsp3) is 0.333. The lowest BCUT2D eigenvalue weighted by atomic mass is 10.0. The van der Waals surface area contributed by atoms with E-state index in [0.29, 0.717) is 22.2 Å². The summed E-state index contributed by atoms with van der Waals surface area (Å²) in [6.45, 7) is 1.73. The SMILES string of the molecule is CC(C)[C@H](C(N)=O)N(CC(F)(F)F)c1cnnc(-c2c[nH]c3ncc(C#N)cc23)n1. The van der Waals surface area contributed by atoms with E-state index < -0.39 is 30.6 Å². The Balaban J connectivity index is 2.12. The number of pyridine rings is 1. The molecule has 3 heterocycles. The maximum absolute atomic E-state index is 13.2. The first-order valence-corrected chi connectivity index (χ1v) is 8.80. The van der Waals surface area contributed by atoms with Crippen molar-refractivity contribution in [1.82, 2.24) is 25.1 Å². The number of carbonyl (C=O) groups is 1. The maximum atomic E-state index is 13.2. The minimum Gasteiger partial charge on any atom is -0.368 e. The van der Waals surface area contributed by atoms with Gasteiger partial charge in [-0.1, -0.05) is 13.8 Å². The summed E-state index contributed by atoms with van der Waals surface area (Å²) in [6.07, 6.45) is -0.674. The number of primary amides is 1. The highest BCUT2D eigenvalue weighted by Crippen LogP contribution is 2.29. The summed E-state index contributed by atoms with van der Waals surface area (Å²) in [5, 5.41) is 17.3. The van der Waals surface area contributed by atoms with Crippen LogP contribution in [-0.2, 0) is 4.79 Å². The Morgan fingerprint density at radius 2 is 2.10 bits per heavy atom. The van der Waals surface area contributed by atoms with Gasteiger partial charge in [0.25, 0.3) is 0 Å². The number of H-pyrrole nitrogens is 1. The first-order chi connectivity index (χ1) is 14.1. The Bertz CT molecular complexity index is 1120. The molecule has 0 aliphatic carbocycles. The molecule has 3 aromatic heterocycles. The third-order valence-electron chi connectivity index (χ3n) is 4.35. The number of nitriles is 1.